The molecule has 0 aliphatic carbocycles. The number of halogens is 1. The summed E-state index contributed by atoms with van der Waals surface area (Å²) in [5.74, 6) is 0.878. The van der Waals surface area contributed by atoms with Gasteiger partial charge in [-0.3, -0.25) is 4.79 Å². The highest BCUT2D eigenvalue weighted by atomic mass is 35.5. The van der Waals surface area contributed by atoms with E-state index in [1.54, 1.807) is 48.1 Å². The topological polar surface area (TPSA) is 85.8 Å². The van der Waals surface area contributed by atoms with E-state index in [4.69, 9.17) is 16.0 Å². The molecule has 136 valence electrons. The number of anilines is 1. The Labute approximate surface area is 160 Å². The smallest absolute Gasteiger partial charge is 0.277 e. The Morgan fingerprint density at radius 3 is 2.62 bits per heavy atom. The molecule has 1 N–H and O–H groups in total. The molecule has 1 amide bonds. The van der Waals surface area contributed by atoms with Crippen molar-refractivity contribution in [3.8, 4) is 11.5 Å². The van der Waals surface area contributed by atoms with Gasteiger partial charge < -0.3 is 9.73 Å². The second-order valence-corrected chi connectivity index (χ2v) is 7.61. The predicted octanol–water partition coefficient (Wildman–Crippen LogP) is 4.29. The van der Waals surface area contributed by atoms with Crippen molar-refractivity contribution in [3.05, 3.63) is 41.6 Å². The first-order chi connectivity index (χ1) is 12.4. The maximum Gasteiger partial charge on any atom is 0.277 e. The van der Waals surface area contributed by atoms with Gasteiger partial charge in [0, 0.05) is 22.7 Å². The number of hydrogen-bond donors (Lipinski definition) is 1. The third-order valence-corrected chi connectivity index (χ3v) is 4.74. The molecule has 1 aromatic carbocycles. The number of rotatable bonds is 6. The second kappa shape index (κ2) is 7.92. The van der Waals surface area contributed by atoms with Crippen LogP contribution in [0.2, 0.25) is 5.02 Å². The molecule has 0 spiro atoms. The second-order valence-electron chi connectivity index (χ2n) is 5.88. The van der Waals surface area contributed by atoms with E-state index in [2.05, 4.69) is 20.6 Å². The summed E-state index contributed by atoms with van der Waals surface area (Å²) in [4.78, 5) is 12.4. The molecular weight excluding hydrogens is 374 g/mol. The maximum atomic E-state index is 12.4. The predicted molar refractivity (Wildman–Crippen MR) is 101 cm³/mol. The highest BCUT2D eigenvalue weighted by Gasteiger charge is 2.20. The minimum atomic E-state index is -0.413. The number of nitrogens with zero attached hydrogens (tertiary/aromatic N) is 4. The summed E-state index contributed by atoms with van der Waals surface area (Å²) in [6.07, 6.45) is 1.66. The first-order valence-electron chi connectivity index (χ1n) is 8.04. The molecule has 0 fully saturated rings. The fourth-order valence-corrected chi connectivity index (χ4v) is 3.03. The minimum Gasteiger partial charge on any atom is -0.411 e. The van der Waals surface area contributed by atoms with Crippen molar-refractivity contribution in [1.29, 1.82) is 0 Å². The molecule has 3 aromatic rings. The van der Waals surface area contributed by atoms with Gasteiger partial charge in [0.25, 0.3) is 5.22 Å². The number of aromatic nitrogens is 4. The first-order valence-corrected chi connectivity index (χ1v) is 9.30. The van der Waals surface area contributed by atoms with E-state index in [-0.39, 0.29) is 11.9 Å². The monoisotopic (exact) mass is 391 g/mol. The number of carbonyl (C=O) groups excluding carboxylic acids is 1. The number of carbonyl (C=O) groups is 1. The van der Waals surface area contributed by atoms with Crippen LogP contribution < -0.4 is 5.32 Å². The third-order valence-electron chi connectivity index (χ3n) is 3.56. The van der Waals surface area contributed by atoms with Crippen molar-refractivity contribution in [2.24, 2.45) is 0 Å². The molecule has 2 heterocycles. The minimum absolute atomic E-state index is 0.154. The number of nitrogens with one attached hydrogen (secondary N) is 1. The van der Waals surface area contributed by atoms with Gasteiger partial charge in [0.15, 0.2) is 0 Å². The fourth-order valence-electron chi connectivity index (χ4n) is 2.22. The quantitative estimate of drug-likeness (QED) is 0.631. The Hall–Kier alpha value is -2.32. The van der Waals surface area contributed by atoms with E-state index in [9.17, 15) is 4.79 Å². The zero-order chi connectivity index (χ0) is 18.7. The average molecular weight is 392 g/mol. The van der Waals surface area contributed by atoms with Gasteiger partial charge in [-0.15, -0.1) is 10.2 Å². The molecule has 0 saturated heterocycles. The third kappa shape index (κ3) is 4.25. The molecule has 0 radical (unpaired) electrons. The van der Waals surface area contributed by atoms with E-state index in [0.29, 0.717) is 22.0 Å². The normalized spacial score (nSPS) is 12.3. The van der Waals surface area contributed by atoms with Crippen LogP contribution in [0, 0.1) is 0 Å². The van der Waals surface area contributed by atoms with Crippen molar-refractivity contribution in [2.75, 3.05) is 5.32 Å². The molecule has 26 heavy (non-hydrogen) atoms. The van der Waals surface area contributed by atoms with Gasteiger partial charge >= 0.3 is 0 Å². The fraction of sp³-hybridized carbons (Fsp3) is 0.294. The van der Waals surface area contributed by atoms with Crippen molar-refractivity contribution >= 4 is 35.1 Å². The Balaban J connectivity index is 1.64. The molecule has 0 aliphatic heterocycles. The van der Waals surface area contributed by atoms with Crippen LogP contribution in [0.4, 0.5) is 5.82 Å². The van der Waals surface area contributed by atoms with Gasteiger partial charge in [-0.2, -0.15) is 5.10 Å². The van der Waals surface area contributed by atoms with Gasteiger partial charge in [-0.1, -0.05) is 23.4 Å². The highest BCUT2D eigenvalue weighted by Crippen LogP contribution is 2.27. The SMILES string of the molecule is CC(C)n1nccc1NC(=O)[C@@H](C)Sc1nnc(-c2ccc(Cl)cc2)o1. The molecule has 0 unspecified atom stereocenters. The summed E-state index contributed by atoms with van der Waals surface area (Å²) in [6, 6.07) is 9.02. The van der Waals surface area contributed by atoms with E-state index < -0.39 is 5.25 Å². The summed E-state index contributed by atoms with van der Waals surface area (Å²) >= 11 is 7.07. The summed E-state index contributed by atoms with van der Waals surface area (Å²) in [7, 11) is 0. The lowest BCUT2D eigenvalue weighted by Gasteiger charge is -2.13. The summed E-state index contributed by atoms with van der Waals surface area (Å²) in [5.41, 5.74) is 0.770. The van der Waals surface area contributed by atoms with Gasteiger partial charge in [0.2, 0.25) is 11.8 Å². The number of hydrogen-bond acceptors (Lipinski definition) is 6. The lowest BCUT2D eigenvalue weighted by molar-refractivity contribution is -0.115. The van der Waals surface area contributed by atoms with Gasteiger partial charge in [0.1, 0.15) is 5.82 Å². The van der Waals surface area contributed by atoms with Crippen molar-refractivity contribution in [3.63, 3.8) is 0 Å². The molecule has 0 saturated carbocycles. The highest BCUT2D eigenvalue weighted by molar-refractivity contribution is 8.00. The molecular formula is C17H18ClN5O2S. The van der Waals surface area contributed by atoms with Crippen LogP contribution in [0.5, 0.6) is 0 Å². The number of benzene rings is 1. The van der Waals surface area contributed by atoms with Crippen LogP contribution in [0.1, 0.15) is 26.8 Å². The first kappa shape index (κ1) is 18.5. The van der Waals surface area contributed by atoms with Gasteiger partial charge in [-0.25, -0.2) is 4.68 Å². The standard InChI is InChI=1S/C17H18ClN5O2S/c1-10(2)23-14(8-9-19-23)20-15(24)11(3)26-17-22-21-16(25-17)12-4-6-13(18)7-5-12/h4-11H,1-3H3,(H,20,24)/t11-/m1/s1. The van der Waals surface area contributed by atoms with E-state index in [1.807, 2.05) is 13.8 Å². The summed E-state index contributed by atoms with van der Waals surface area (Å²) in [5, 5.41) is 15.6. The van der Waals surface area contributed by atoms with E-state index >= 15 is 0 Å². The van der Waals surface area contributed by atoms with Crippen LogP contribution in [0.25, 0.3) is 11.5 Å². The van der Waals surface area contributed by atoms with E-state index in [0.717, 1.165) is 5.56 Å². The molecule has 9 heteroatoms. The lowest BCUT2D eigenvalue weighted by Crippen LogP contribution is -2.24. The van der Waals surface area contributed by atoms with Crippen LogP contribution >= 0.6 is 23.4 Å². The molecule has 0 bridgehead atoms. The van der Waals surface area contributed by atoms with Crippen molar-refractivity contribution in [1.82, 2.24) is 20.0 Å². The zero-order valence-electron chi connectivity index (χ0n) is 14.5. The maximum absolute atomic E-state index is 12.4. The molecule has 1 atom stereocenters. The van der Waals surface area contributed by atoms with Crippen LogP contribution in [-0.2, 0) is 4.79 Å². The average Bonchev–Trinajstić information content (AvgIpc) is 3.25. The Bertz CT molecular complexity index is 891. The van der Waals surface area contributed by atoms with Crippen molar-refractivity contribution in [2.45, 2.75) is 37.3 Å². The van der Waals surface area contributed by atoms with Crippen molar-refractivity contribution < 1.29 is 9.21 Å². The summed E-state index contributed by atoms with van der Waals surface area (Å²) in [6.45, 7) is 5.78. The molecule has 7 nitrogen and oxygen atoms in total. The molecule has 3 rings (SSSR count). The van der Waals surface area contributed by atoms with Crippen LogP contribution in [0.15, 0.2) is 46.2 Å². The Kier molecular flexibility index (Phi) is 5.63. The lowest BCUT2D eigenvalue weighted by atomic mass is 10.2. The zero-order valence-corrected chi connectivity index (χ0v) is 16.1. The number of amides is 1. The van der Waals surface area contributed by atoms with E-state index in [1.165, 1.54) is 11.8 Å². The summed E-state index contributed by atoms with van der Waals surface area (Å²) < 4.78 is 7.38. The molecule has 2 aromatic heterocycles. The Morgan fingerprint density at radius 2 is 1.92 bits per heavy atom. The van der Waals surface area contributed by atoms with Crippen LogP contribution in [0.3, 0.4) is 0 Å². The van der Waals surface area contributed by atoms with Gasteiger partial charge in [-0.05, 0) is 45.0 Å². The Morgan fingerprint density at radius 1 is 1.19 bits per heavy atom. The molecule has 0 aliphatic rings. The van der Waals surface area contributed by atoms with Crippen LogP contribution in [-0.4, -0.2) is 31.1 Å². The number of thioether (sulfide) groups is 1. The largest absolute Gasteiger partial charge is 0.411 e. The van der Waals surface area contributed by atoms with Gasteiger partial charge in [0.05, 0.1) is 11.4 Å².